The van der Waals surface area contributed by atoms with Crippen LogP contribution in [0.4, 0.5) is 10.5 Å². The Bertz CT molecular complexity index is 862. The van der Waals surface area contributed by atoms with E-state index in [0.717, 1.165) is 35.4 Å². The molecule has 0 radical (unpaired) electrons. The number of carbonyl (C=O) groups is 1. The van der Waals surface area contributed by atoms with Crippen molar-refractivity contribution in [2.24, 2.45) is 7.05 Å². The average molecular weight is 325 g/mol. The average Bonchev–Trinajstić information content (AvgIpc) is 3.12. The van der Waals surface area contributed by atoms with Gasteiger partial charge in [-0.2, -0.15) is 5.10 Å². The number of hydrogen-bond donors (Lipinski definition) is 2. The van der Waals surface area contributed by atoms with Crippen LogP contribution in [0.15, 0.2) is 36.7 Å². The van der Waals surface area contributed by atoms with E-state index in [1.165, 1.54) is 5.39 Å². The van der Waals surface area contributed by atoms with Crippen molar-refractivity contribution >= 4 is 22.6 Å². The molecule has 126 valence electrons. The summed E-state index contributed by atoms with van der Waals surface area (Å²) < 4.78 is 4.00. The molecule has 2 amide bonds. The fourth-order valence-electron chi connectivity index (χ4n) is 2.81. The maximum absolute atomic E-state index is 12.1. The van der Waals surface area contributed by atoms with E-state index in [2.05, 4.69) is 39.5 Å². The number of aryl methyl sites for hydroxylation is 2. The summed E-state index contributed by atoms with van der Waals surface area (Å²) in [6.07, 6.45) is 4.68. The van der Waals surface area contributed by atoms with E-state index >= 15 is 0 Å². The van der Waals surface area contributed by atoms with Gasteiger partial charge in [-0.3, -0.25) is 4.68 Å². The number of urea groups is 1. The minimum atomic E-state index is -0.189. The molecule has 6 nitrogen and oxygen atoms in total. The lowest BCUT2D eigenvalue weighted by Gasteiger charge is -2.09. The van der Waals surface area contributed by atoms with Crippen molar-refractivity contribution < 1.29 is 4.79 Å². The van der Waals surface area contributed by atoms with E-state index in [4.69, 9.17) is 0 Å². The molecule has 0 aliphatic rings. The molecule has 2 N–H and O–H groups in total. The molecule has 6 heteroatoms. The highest BCUT2D eigenvalue weighted by Crippen LogP contribution is 2.20. The van der Waals surface area contributed by atoms with Gasteiger partial charge >= 0.3 is 6.03 Å². The summed E-state index contributed by atoms with van der Waals surface area (Å²) in [6.45, 7) is 5.61. The Hall–Kier alpha value is -2.76. The number of aromatic nitrogens is 3. The molecular weight excluding hydrogens is 302 g/mol. The van der Waals surface area contributed by atoms with E-state index < -0.39 is 0 Å². The highest BCUT2D eigenvalue weighted by molar-refractivity contribution is 5.92. The summed E-state index contributed by atoms with van der Waals surface area (Å²) in [5.41, 5.74) is 4.20. The molecule has 0 fully saturated rings. The third-order valence-corrected chi connectivity index (χ3v) is 4.39. The van der Waals surface area contributed by atoms with Gasteiger partial charge in [0.05, 0.1) is 11.7 Å². The highest BCUT2D eigenvalue weighted by atomic mass is 16.2. The number of benzene rings is 1. The van der Waals surface area contributed by atoms with E-state index in [1.807, 2.05) is 43.0 Å². The molecule has 3 rings (SSSR count). The van der Waals surface area contributed by atoms with Crippen LogP contribution in [0.5, 0.6) is 0 Å². The Balaban J connectivity index is 1.57. The Morgan fingerprint density at radius 2 is 2.12 bits per heavy atom. The maximum atomic E-state index is 12.1. The monoisotopic (exact) mass is 325 g/mol. The van der Waals surface area contributed by atoms with Crippen LogP contribution in [0.25, 0.3) is 10.9 Å². The summed E-state index contributed by atoms with van der Waals surface area (Å²) in [5, 5.41) is 11.2. The van der Waals surface area contributed by atoms with Gasteiger partial charge in [0.2, 0.25) is 0 Å². The molecule has 0 saturated carbocycles. The number of nitrogens with one attached hydrogen (secondary N) is 2. The SMILES string of the molecule is CCn1ccc2ccc(NC(=O)NCCc3cnn(C)c3C)cc21. The van der Waals surface area contributed by atoms with Crippen LogP contribution in [0, 0.1) is 6.92 Å². The van der Waals surface area contributed by atoms with Crippen LogP contribution in [-0.2, 0) is 20.0 Å². The summed E-state index contributed by atoms with van der Waals surface area (Å²) in [7, 11) is 1.92. The molecule has 2 aromatic heterocycles. The van der Waals surface area contributed by atoms with Crippen molar-refractivity contribution in [2.45, 2.75) is 26.8 Å². The lowest BCUT2D eigenvalue weighted by atomic mass is 10.2. The lowest BCUT2D eigenvalue weighted by molar-refractivity contribution is 0.252. The van der Waals surface area contributed by atoms with Crippen molar-refractivity contribution in [2.75, 3.05) is 11.9 Å². The molecule has 2 heterocycles. The minimum absolute atomic E-state index is 0.189. The zero-order chi connectivity index (χ0) is 17.1. The first-order chi connectivity index (χ1) is 11.6. The van der Waals surface area contributed by atoms with Crippen molar-refractivity contribution in [3.8, 4) is 0 Å². The number of carbonyl (C=O) groups excluding carboxylic acids is 1. The minimum Gasteiger partial charge on any atom is -0.348 e. The molecule has 0 spiro atoms. The van der Waals surface area contributed by atoms with Crippen LogP contribution >= 0.6 is 0 Å². The fourth-order valence-corrected chi connectivity index (χ4v) is 2.81. The van der Waals surface area contributed by atoms with Crippen molar-refractivity contribution in [1.82, 2.24) is 19.7 Å². The maximum Gasteiger partial charge on any atom is 0.319 e. The summed E-state index contributed by atoms with van der Waals surface area (Å²) in [6, 6.07) is 7.84. The number of hydrogen-bond acceptors (Lipinski definition) is 2. The molecule has 3 aromatic rings. The third kappa shape index (κ3) is 3.27. The molecule has 0 unspecified atom stereocenters. The van der Waals surface area contributed by atoms with Gasteiger partial charge in [0, 0.05) is 37.7 Å². The van der Waals surface area contributed by atoms with Gasteiger partial charge in [0.1, 0.15) is 0 Å². The normalized spacial score (nSPS) is 11.0. The van der Waals surface area contributed by atoms with E-state index in [0.29, 0.717) is 6.54 Å². The van der Waals surface area contributed by atoms with E-state index in [9.17, 15) is 4.79 Å². The number of anilines is 1. The second-order valence-electron chi connectivity index (χ2n) is 5.89. The van der Waals surface area contributed by atoms with Gasteiger partial charge < -0.3 is 15.2 Å². The van der Waals surface area contributed by atoms with Crippen LogP contribution in [0.1, 0.15) is 18.2 Å². The molecule has 0 aliphatic carbocycles. The lowest BCUT2D eigenvalue weighted by Crippen LogP contribution is -2.30. The Kier molecular flexibility index (Phi) is 4.55. The fraction of sp³-hybridized carbons (Fsp3) is 0.333. The molecule has 1 aromatic carbocycles. The first-order valence-corrected chi connectivity index (χ1v) is 8.19. The zero-order valence-electron chi connectivity index (χ0n) is 14.3. The van der Waals surface area contributed by atoms with Crippen LogP contribution in [-0.4, -0.2) is 26.9 Å². The van der Waals surface area contributed by atoms with E-state index in [-0.39, 0.29) is 6.03 Å². The number of nitrogens with zero attached hydrogens (tertiary/aromatic N) is 3. The smallest absolute Gasteiger partial charge is 0.319 e. The first kappa shape index (κ1) is 16.1. The van der Waals surface area contributed by atoms with Gasteiger partial charge in [-0.25, -0.2) is 4.79 Å². The quantitative estimate of drug-likeness (QED) is 0.757. The third-order valence-electron chi connectivity index (χ3n) is 4.39. The van der Waals surface area contributed by atoms with Crippen LogP contribution < -0.4 is 10.6 Å². The van der Waals surface area contributed by atoms with E-state index in [1.54, 1.807) is 0 Å². The van der Waals surface area contributed by atoms with Gasteiger partial charge in [-0.05, 0) is 49.4 Å². The van der Waals surface area contributed by atoms with Crippen molar-refractivity contribution in [3.05, 3.63) is 47.9 Å². The number of fused-ring (bicyclic) bond motifs is 1. The molecule has 0 aliphatic heterocycles. The van der Waals surface area contributed by atoms with Crippen molar-refractivity contribution in [1.29, 1.82) is 0 Å². The highest BCUT2D eigenvalue weighted by Gasteiger charge is 2.07. The number of rotatable bonds is 5. The van der Waals surface area contributed by atoms with Gasteiger partial charge in [-0.15, -0.1) is 0 Å². The van der Waals surface area contributed by atoms with Gasteiger partial charge in [-0.1, -0.05) is 6.07 Å². The predicted octanol–water partition coefficient (Wildman–Crippen LogP) is 3.07. The largest absolute Gasteiger partial charge is 0.348 e. The second kappa shape index (κ2) is 6.78. The molecule has 0 atom stereocenters. The molecule has 0 bridgehead atoms. The first-order valence-electron chi connectivity index (χ1n) is 8.19. The predicted molar refractivity (Wildman–Crippen MR) is 96.3 cm³/mol. The summed E-state index contributed by atoms with van der Waals surface area (Å²) in [5.74, 6) is 0. The Morgan fingerprint density at radius 3 is 2.83 bits per heavy atom. The second-order valence-corrected chi connectivity index (χ2v) is 5.89. The number of amides is 2. The standard InChI is InChI=1S/C18H23N5O/c1-4-23-10-8-14-5-6-16(11-17(14)23)21-18(24)19-9-7-15-12-20-22(3)13(15)2/h5-6,8,10-12H,4,7,9H2,1-3H3,(H2,19,21,24). The van der Waals surface area contributed by atoms with Crippen LogP contribution in [0.3, 0.4) is 0 Å². The summed E-state index contributed by atoms with van der Waals surface area (Å²) >= 11 is 0. The Labute approximate surface area is 141 Å². The summed E-state index contributed by atoms with van der Waals surface area (Å²) in [4.78, 5) is 12.1. The zero-order valence-corrected chi connectivity index (χ0v) is 14.3. The van der Waals surface area contributed by atoms with Gasteiger partial charge in [0.15, 0.2) is 0 Å². The topological polar surface area (TPSA) is 63.9 Å². The molecule has 24 heavy (non-hydrogen) atoms. The Morgan fingerprint density at radius 1 is 1.29 bits per heavy atom. The van der Waals surface area contributed by atoms with Crippen LogP contribution in [0.2, 0.25) is 0 Å². The molecular formula is C18H23N5O. The van der Waals surface area contributed by atoms with Crippen molar-refractivity contribution in [3.63, 3.8) is 0 Å². The molecule has 0 saturated heterocycles. The van der Waals surface area contributed by atoms with Gasteiger partial charge in [0.25, 0.3) is 0 Å².